The van der Waals surface area contributed by atoms with Crippen LogP contribution in [-0.2, 0) is 5.33 Å². The first-order valence-electron chi connectivity index (χ1n) is 3.26. The lowest BCUT2D eigenvalue weighted by Gasteiger charge is -1.91. The number of aromatic nitrogens is 3. The molecule has 0 aliphatic heterocycles. The lowest BCUT2D eigenvalue weighted by atomic mass is 10.2. The maximum absolute atomic E-state index is 3.90. The van der Waals surface area contributed by atoms with Gasteiger partial charge in [-0.1, -0.05) is 27.2 Å². The average molecular weight is 212 g/mol. The summed E-state index contributed by atoms with van der Waals surface area (Å²) in [5.41, 5.74) is 3.11. The summed E-state index contributed by atoms with van der Waals surface area (Å²) in [6.07, 6.45) is 0. The summed E-state index contributed by atoms with van der Waals surface area (Å²) in [5, 5.41) is 11.2. The first kappa shape index (κ1) is 6.79. The molecule has 0 spiro atoms. The largest absolute Gasteiger partial charge is 0.258 e. The Bertz CT molecular complexity index is 368. The molecule has 2 aromatic rings. The van der Waals surface area contributed by atoms with Crippen LogP contribution in [0.3, 0.4) is 0 Å². The highest BCUT2D eigenvalue weighted by Gasteiger charge is 1.96. The number of nitrogens with one attached hydrogen (secondary N) is 1. The normalized spacial score (nSPS) is 10.6. The van der Waals surface area contributed by atoms with Crippen molar-refractivity contribution in [3.05, 3.63) is 23.8 Å². The Balaban J connectivity index is 2.67. The molecular formula is C7H6BrN3. The predicted molar refractivity (Wildman–Crippen MR) is 46.5 cm³/mol. The zero-order chi connectivity index (χ0) is 7.68. The second kappa shape index (κ2) is 2.62. The van der Waals surface area contributed by atoms with Crippen molar-refractivity contribution in [3.63, 3.8) is 0 Å². The summed E-state index contributed by atoms with van der Waals surface area (Å²) in [6, 6.07) is 6.02. The molecule has 56 valence electrons. The zero-order valence-electron chi connectivity index (χ0n) is 5.71. The van der Waals surface area contributed by atoms with E-state index < -0.39 is 0 Å². The van der Waals surface area contributed by atoms with Gasteiger partial charge in [0.1, 0.15) is 5.52 Å². The Labute approximate surface area is 71.9 Å². The molecule has 0 saturated heterocycles. The van der Waals surface area contributed by atoms with E-state index in [0.717, 1.165) is 16.4 Å². The van der Waals surface area contributed by atoms with Gasteiger partial charge in [-0.2, -0.15) is 0 Å². The summed E-state index contributed by atoms with van der Waals surface area (Å²) in [6.45, 7) is 0. The number of halogens is 1. The van der Waals surface area contributed by atoms with Crippen molar-refractivity contribution in [1.82, 2.24) is 15.4 Å². The lowest BCUT2D eigenvalue weighted by molar-refractivity contribution is 0.959. The van der Waals surface area contributed by atoms with Crippen molar-refractivity contribution < 1.29 is 0 Å². The summed E-state index contributed by atoms with van der Waals surface area (Å²) in [5.74, 6) is 0. The molecule has 0 radical (unpaired) electrons. The third-order valence-corrected chi connectivity index (χ3v) is 2.19. The van der Waals surface area contributed by atoms with Crippen LogP contribution in [0.15, 0.2) is 18.2 Å². The van der Waals surface area contributed by atoms with Crippen LogP contribution in [0.4, 0.5) is 0 Å². The van der Waals surface area contributed by atoms with Gasteiger partial charge in [-0.05, 0) is 17.7 Å². The van der Waals surface area contributed by atoms with Crippen molar-refractivity contribution in [3.8, 4) is 0 Å². The van der Waals surface area contributed by atoms with E-state index in [9.17, 15) is 0 Å². The smallest absolute Gasteiger partial charge is 0.113 e. The minimum Gasteiger partial charge on any atom is -0.258 e. The van der Waals surface area contributed by atoms with Gasteiger partial charge in [0.05, 0.1) is 5.52 Å². The standard InChI is InChI=1S/C7H6BrN3/c8-4-5-1-2-6-7(3-5)10-11-9-6/h1-3H,4H2,(H,9,10,11). The monoisotopic (exact) mass is 211 g/mol. The van der Waals surface area contributed by atoms with E-state index in [-0.39, 0.29) is 0 Å². The molecule has 1 aromatic heterocycles. The van der Waals surface area contributed by atoms with Crippen LogP contribution in [-0.4, -0.2) is 15.4 Å². The number of benzene rings is 1. The molecule has 0 saturated carbocycles. The minimum atomic E-state index is 0.857. The van der Waals surface area contributed by atoms with Gasteiger partial charge in [-0.3, -0.25) is 5.10 Å². The van der Waals surface area contributed by atoms with Gasteiger partial charge in [-0.15, -0.1) is 5.10 Å². The number of hydrogen-bond donors (Lipinski definition) is 1. The van der Waals surface area contributed by atoms with E-state index in [1.165, 1.54) is 5.56 Å². The van der Waals surface area contributed by atoms with Gasteiger partial charge >= 0.3 is 0 Å². The second-order valence-electron chi connectivity index (χ2n) is 2.30. The zero-order valence-corrected chi connectivity index (χ0v) is 7.30. The third-order valence-electron chi connectivity index (χ3n) is 1.54. The van der Waals surface area contributed by atoms with Crippen LogP contribution < -0.4 is 0 Å². The van der Waals surface area contributed by atoms with E-state index in [4.69, 9.17) is 0 Å². The van der Waals surface area contributed by atoms with Crippen molar-refractivity contribution in [2.24, 2.45) is 0 Å². The maximum Gasteiger partial charge on any atom is 0.113 e. The van der Waals surface area contributed by atoms with Gasteiger partial charge in [0.15, 0.2) is 0 Å². The fourth-order valence-electron chi connectivity index (χ4n) is 0.970. The van der Waals surface area contributed by atoms with Crippen LogP contribution in [0.25, 0.3) is 11.0 Å². The number of hydrogen-bond acceptors (Lipinski definition) is 2. The minimum absolute atomic E-state index is 0.857. The summed E-state index contributed by atoms with van der Waals surface area (Å²) in [7, 11) is 0. The highest BCUT2D eigenvalue weighted by molar-refractivity contribution is 9.08. The van der Waals surface area contributed by atoms with E-state index in [0.29, 0.717) is 0 Å². The molecular weight excluding hydrogens is 206 g/mol. The molecule has 4 heteroatoms. The summed E-state index contributed by atoms with van der Waals surface area (Å²) < 4.78 is 0. The lowest BCUT2D eigenvalue weighted by Crippen LogP contribution is -1.76. The van der Waals surface area contributed by atoms with Crippen molar-refractivity contribution >= 4 is 27.0 Å². The number of H-pyrrole nitrogens is 1. The number of alkyl halides is 1. The van der Waals surface area contributed by atoms with Gasteiger partial charge in [-0.25, -0.2) is 0 Å². The van der Waals surface area contributed by atoms with Gasteiger partial charge in [0.25, 0.3) is 0 Å². The fourth-order valence-corrected chi connectivity index (χ4v) is 1.32. The molecule has 0 amide bonds. The summed E-state index contributed by atoms with van der Waals surface area (Å²) in [4.78, 5) is 0. The van der Waals surface area contributed by atoms with E-state index in [1.54, 1.807) is 0 Å². The molecule has 11 heavy (non-hydrogen) atoms. The van der Waals surface area contributed by atoms with Gasteiger partial charge in [0.2, 0.25) is 0 Å². The van der Waals surface area contributed by atoms with Crippen LogP contribution >= 0.6 is 15.9 Å². The first-order chi connectivity index (χ1) is 5.40. The van der Waals surface area contributed by atoms with E-state index in [1.807, 2.05) is 18.2 Å². The van der Waals surface area contributed by atoms with Crippen molar-refractivity contribution in [2.45, 2.75) is 5.33 Å². The number of aromatic amines is 1. The first-order valence-corrected chi connectivity index (χ1v) is 4.38. The summed E-state index contributed by atoms with van der Waals surface area (Å²) >= 11 is 3.37. The molecule has 0 bridgehead atoms. The van der Waals surface area contributed by atoms with E-state index >= 15 is 0 Å². The van der Waals surface area contributed by atoms with Crippen molar-refractivity contribution in [1.29, 1.82) is 0 Å². The molecule has 0 atom stereocenters. The second-order valence-corrected chi connectivity index (χ2v) is 2.86. The Morgan fingerprint density at radius 3 is 3.18 bits per heavy atom. The topological polar surface area (TPSA) is 41.6 Å². The number of nitrogens with zero attached hydrogens (tertiary/aromatic N) is 2. The van der Waals surface area contributed by atoms with Crippen molar-refractivity contribution in [2.75, 3.05) is 0 Å². The molecule has 1 heterocycles. The Hall–Kier alpha value is -0.900. The highest BCUT2D eigenvalue weighted by atomic mass is 79.9. The fraction of sp³-hybridized carbons (Fsp3) is 0.143. The Morgan fingerprint density at radius 1 is 1.45 bits per heavy atom. The molecule has 1 aromatic carbocycles. The molecule has 2 rings (SSSR count). The SMILES string of the molecule is BrCc1ccc2[nH]nnc2c1. The molecule has 3 nitrogen and oxygen atoms in total. The Kier molecular flexibility index (Phi) is 1.62. The Morgan fingerprint density at radius 2 is 2.36 bits per heavy atom. The predicted octanol–water partition coefficient (Wildman–Crippen LogP) is 1.85. The van der Waals surface area contributed by atoms with Gasteiger partial charge in [0, 0.05) is 5.33 Å². The quantitative estimate of drug-likeness (QED) is 0.733. The van der Waals surface area contributed by atoms with E-state index in [2.05, 4.69) is 31.3 Å². The molecule has 0 aliphatic carbocycles. The molecule has 0 fully saturated rings. The number of fused-ring (bicyclic) bond motifs is 1. The van der Waals surface area contributed by atoms with Crippen LogP contribution in [0.1, 0.15) is 5.56 Å². The van der Waals surface area contributed by atoms with Crippen LogP contribution in [0.2, 0.25) is 0 Å². The highest BCUT2D eigenvalue weighted by Crippen LogP contribution is 2.12. The third kappa shape index (κ3) is 1.14. The molecule has 1 N–H and O–H groups in total. The molecule has 0 aliphatic rings. The molecule has 0 unspecified atom stereocenters. The van der Waals surface area contributed by atoms with Crippen LogP contribution in [0, 0.1) is 0 Å². The maximum atomic E-state index is 3.90. The van der Waals surface area contributed by atoms with Crippen LogP contribution in [0.5, 0.6) is 0 Å². The number of rotatable bonds is 1. The van der Waals surface area contributed by atoms with Gasteiger partial charge < -0.3 is 0 Å². The average Bonchev–Trinajstić information content (AvgIpc) is 2.50.